The van der Waals surface area contributed by atoms with Crippen molar-refractivity contribution in [2.24, 2.45) is 0 Å². The molecule has 154 valence electrons. The first-order chi connectivity index (χ1) is 14.5. The van der Waals surface area contributed by atoms with E-state index in [-0.39, 0.29) is 11.8 Å². The molecule has 0 aromatic heterocycles. The fourth-order valence-electron chi connectivity index (χ4n) is 4.00. The molecule has 1 aliphatic rings. The standard InChI is InChI=1S/C24H23ClN2O3/c1-26(19-11-9-16-6-3-4-7-17(16)14-19)24(29)21-8-5-13-27(21)23(28)20-15-18(25)10-12-22(20)30-2/h3-4,6-7,9-12,14-15,21H,5,8,13H2,1-2H3. The van der Waals surface area contributed by atoms with E-state index in [1.807, 2.05) is 42.5 Å². The topological polar surface area (TPSA) is 49.9 Å². The van der Waals surface area contributed by atoms with Gasteiger partial charge >= 0.3 is 0 Å². The molecule has 0 aliphatic carbocycles. The zero-order valence-corrected chi connectivity index (χ0v) is 17.7. The van der Waals surface area contributed by atoms with E-state index in [4.69, 9.17) is 16.3 Å². The summed E-state index contributed by atoms with van der Waals surface area (Å²) in [5, 5.41) is 2.64. The summed E-state index contributed by atoms with van der Waals surface area (Å²) < 4.78 is 5.33. The number of fused-ring (bicyclic) bond motifs is 1. The highest BCUT2D eigenvalue weighted by atomic mass is 35.5. The number of methoxy groups -OCH3 is 1. The fraction of sp³-hybridized carbons (Fsp3) is 0.250. The lowest BCUT2D eigenvalue weighted by atomic mass is 10.1. The molecule has 30 heavy (non-hydrogen) atoms. The Morgan fingerprint density at radius 1 is 1.07 bits per heavy atom. The number of amides is 2. The maximum atomic E-state index is 13.3. The van der Waals surface area contributed by atoms with Crippen LogP contribution < -0.4 is 9.64 Å². The van der Waals surface area contributed by atoms with Crippen LogP contribution in [-0.2, 0) is 4.79 Å². The van der Waals surface area contributed by atoms with E-state index >= 15 is 0 Å². The molecule has 3 aromatic rings. The average Bonchev–Trinajstić information content (AvgIpc) is 3.27. The molecule has 0 spiro atoms. The molecular weight excluding hydrogens is 400 g/mol. The summed E-state index contributed by atoms with van der Waals surface area (Å²) in [5.41, 5.74) is 1.18. The largest absolute Gasteiger partial charge is 0.496 e. The SMILES string of the molecule is COc1ccc(Cl)cc1C(=O)N1CCCC1C(=O)N(C)c1ccc2ccccc2c1. The third-order valence-electron chi connectivity index (χ3n) is 5.64. The second-order valence-electron chi connectivity index (χ2n) is 7.43. The van der Waals surface area contributed by atoms with E-state index in [1.165, 1.54) is 7.11 Å². The van der Waals surface area contributed by atoms with E-state index < -0.39 is 6.04 Å². The molecule has 2 amide bonds. The maximum absolute atomic E-state index is 13.3. The van der Waals surface area contributed by atoms with Crippen LogP contribution in [-0.4, -0.2) is 43.5 Å². The summed E-state index contributed by atoms with van der Waals surface area (Å²) >= 11 is 6.10. The second-order valence-corrected chi connectivity index (χ2v) is 7.87. The summed E-state index contributed by atoms with van der Waals surface area (Å²) in [5.74, 6) is 0.111. The molecule has 0 radical (unpaired) electrons. The second kappa shape index (κ2) is 8.36. The molecule has 1 fully saturated rings. The first-order valence-corrected chi connectivity index (χ1v) is 10.3. The van der Waals surface area contributed by atoms with Gasteiger partial charge in [-0.2, -0.15) is 0 Å². The van der Waals surface area contributed by atoms with Crippen LogP contribution in [0.15, 0.2) is 60.7 Å². The summed E-state index contributed by atoms with van der Waals surface area (Å²) in [7, 11) is 3.27. The van der Waals surface area contributed by atoms with Gasteiger partial charge in [0.15, 0.2) is 0 Å². The van der Waals surface area contributed by atoms with Gasteiger partial charge in [-0.3, -0.25) is 9.59 Å². The minimum atomic E-state index is -0.516. The van der Waals surface area contributed by atoms with Crippen LogP contribution >= 0.6 is 11.6 Å². The summed E-state index contributed by atoms with van der Waals surface area (Å²) in [6.07, 6.45) is 1.40. The van der Waals surface area contributed by atoms with Crippen molar-refractivity contribution < 1.29 is 14.3 Å². The number of halogens is 1. The number of hydrogen-bond donors (Lipinski definition) is 0. The Bertz CT molecular complexity index is 1110. The number of ether oxygens (including phenoxy) is 1. The van der Waals surface area contributed by atoms with Gasteiger partial charge in [0.1, 0.15) is 11.8 Å². The zero-order chi connectivity index (χ0) is 21.3. The molecule has 1 atom stereocenters. The number of likely N-dealkylation sites (tertiary alicyclic amines) is 1. The van der Waals surface area contributed by atoms with Crippen molar-refractivity contribution in [1.82, 2.24) is 4.90 Å². The van der Waals surface area contributed by atoms with Crippen molar-refractivity contribution in [1.29, 1.82) is 0 Å². The van der Waals surface area contributed by atoms with Crippen LogP contribution in [0.25, 0.3) is 10.8 Å². The van der Waals surface area contributed by atoms with E-state index in [0.29, 0.717) is 29.3 Å². The predicted octanol–water partition coefficient (Wildman–Crippen LogP) is 4.77. The van der Waals surface area contributed by atoms with E-state index in [2.05, 4.69) is 0 Å². The smallest absolute Gasteiger partial charge is 0.258 e. The number of carbonyl (C=O) groups excluding carboxylic acids is 2. The monoisotopic (exact) mass is 422 g/mol. The molecule has 0 bridgehead atoms. The van der Waals surface area contributed by atoms with Gasteiger partial charge in [-0.05, 0) is 53.9 Å². The molecule has 0 saturated carbocycles. The minimum absolute atomic E-state index is 0.0999. The molecule has 6 heteroatoms. The molecule has 1 aliphatic heterocycles. The van der Waals surface area contributed by atoms with Crippen LogP contribution in [0.4, 0.5) is 5.69 Å². The van der Waals surface area contributed by atoms with Gasteiger partial charge < -0.3 is 14.5 Å². The third kappa shape index (κ3) is 3.73. The highest BCUT2D eigenvalue weighted by molar-refractivity contribution is 6.31. The number of rotatable bonds is 4. The Morgan fingerprint density at radius 3 is 2.60 bits per heavy atom. The molecule has 3 aromatic carbocycles. The normalized spacial score (nSPS) is 16.0. The van der Waals surface area contributed by atoms with Crippen LogP contribution in [0.2, 0.25) is 5.02 Å². The van der Waals surface area contributed by atoms with E-state index in [0.717, 1.165) is 22.9 Å². The van der Waals surface area contributed by atoms with E-state index in [9.17, 15) is 9.59 Å². The van der Waals surface area contributed by atoms with Crippen molar-refractivity contribution in [2.45, 2.75) is 18.9 Å². The molecule has 1 saturated heterocycles. The predicted molar refractivity (Wildman–Crippen MR) is 119 cm³/mol. The van der Waals surface area contributed by atoms with Gasteiger partial charge in [0.05, 0.1) is 12.7 Å². The lowest BCUT2D eigenvalue weighted by Crippen LogP contribution is -2.46. The van der Waals surface area contributed by atoms with Crippen LogP contribution in [0.3, 0.4) is 0 Å². The van der Waals surface area contributed by atoms with Gasteiger partial charge in [-0.25, -0.2) is 0 Å². The number of nitrogens with zero attached hydrogens (tertiary/aromatic N) is 2. The number of likely N-dealkylation sites (N-methyl/N-ethyl adjacent to an activating group) is 1. The van der Waals surface area contributed by atoms with Crippen LogP contribution in [0.1, 0.15) is 23.2 Å². The minimum Gasteiger partial charge on any atom is -0.496 e. The van der Waals surface area contributed by atoms with Crippen molar-refractivity contribution in [3.05, 3.63) is 71.2 Å². The van der Waals surface area contributed by atoms with Gasteiger partial charge in [0, 0.05) is 24.3 Å². The van der Waals surface area contributed by atoms with Crippen molar-refractivity contribution in [2.75, 3.05) is 25.6 Å². The average molecular weight is 423 g/mol. The summed E-state index contributed by atoms with van der Waals surface area (Å²) in [4.78, 5) is 29.8. The number of carbonyl (C=O) groups is 2. The molecule has 4 rings (SSSR count). The molecule has 1 unspecified atom stereocenters. The van der Waals surface area contributed by atoms with Gasteiger partial charge in [0.25, 0.3) is 5.91 Å². The Morgan fingerprint density at radius 2 is 1.83 bits per heavy atom. The van der Waals surface area contributed by atoms with Gasteiger partial charge in [-0.15, -0.1) is 0 Å². The Balaban J connectivity index is 1.60. The third-order valence-corrected chi connectivity index (χ3v) is 5.88. The first-order valence-electron chi connectivity index (χ1n) is 9.90. The molecule has 5 nitrogen and oxygen atoms in total. The summed E-state index contributed by atoms with van der Waals surface area (Å²) in [6, 6.07) is 18.4. The number of anilines is 1. The lowest BCUT2D eigenvalue weighted by Gasteiger charge is -2.28. The first kappa shape index (κ1) is 20.2. The highest BCUT2D eigenvalue weighted by Crippen LogP contribution is 2.29. The quantitative estimate of drug-likeness (QED) is 0.608. The molecule has 1 heterocycles. The molecule has 0 N–H and O–H groups in total. The van der Waals surface area contributed by atoms with Gasteiger partial charge in [0.2, 0.25) is 5.91 Å². The molecular formula is C24H23ClN2O3. The Kier molecular flexibility index (Phi) is 5.64. The maximum Gasteiger partial charge on any atom is 0.258 e. The van der Waals surface area contributed by atoms with Crippen molar-refractivity contribution in [3.63, 3.8) is 0 Å². The Hall–Kier alpha value is -3.05. The lowest BCUT2D eigenvalue weighted by molar-refractivity contribution is -0.121. The van der Waals surface area contributed by atoms with E-state index in [1.54, 1.807) is 35.0 Å². The van der Waals surface area contributed by atoms with Crippen LogP contribution in [0, 0.1) is 0 Å². The van der Waals surface area contributed by atoms with Gasteiger partial charge in [-0.1, -0.05) is 41.9 Å². The van der Waals surface area contributed by atoms with Crippen molar-refractivity contribution in [3.8, 4) is 5.75 Å². The number of hydrogen-bond acceptors (Lipinski definition) is 3. The zero-order valence-electron chi connectivity index (χ0n) is 17.0. The number of benzene rings is 3. The highest BCUT2D eigenvalue weighted by Gasteiger charge is 2.37. The Labute approximate surface area is 180 Å². The fourth-order valence-corrected chi connectivity index (χ4v) is 4.18. The van der Waals surface area contributed by atoms with Crippen molar-refractivity contribution >= 4 is 39.9 Å². The van der Waals surface area contributed by atoms with Crippen LogP contribution in [0.5, 0.6) is 5.75 Å². The summed E-state index contributed by atoms with van der Waals surface area (Å²) in [6.45, 7) is 0.524.